The number of benzene rings is 1. The number of nitrogens with one attached hydrogen (secondary N) is 2. The lowest BCUT2D eigenvalue weighted by Crippen LogP contribution is -2.22. The number of aromatic nitrogens is 6. The molecule has 0 amide bonds. The first-order valence-electron chi connectivity index (χ1n) is 9.82. The SMILES string of the molecule is COc1ccc(-n2c(SCc3cc(=O)n4ccccc4n3)nc3n[nH]c(C)c3c2=N)cc1. The van der Waals surface area contributed by atoms with Gasteiger partial charge in [0.1, 0.15) is 16.9 Å². The molecule has 5 rings (SSSR count). The summed E-state index contributed by atoms with van der Waals surface area (Å²) in [6.45, 7) is 1.87. The van der Waals surface area contributed by atoms with Gasteiger partial charge < -0.3 is 4.74 Å². The van der Waals surface area contributed by atoms with Crippen molar-refractivity contribution in [2.45, 2.75) is 17.8 Å². The van der Waals surface area contributed by atoms with Crippen LogP contribution in [-0.4, -0.2) is 36.2 Å². The summed E-state index contributed by atoms with van der Waals surface area (Å²) in [6, 6.07) is 14.4. The van der Waals surface area contributed by atoms with E-state index in [2.05, 4.69) is 15.2 Å². The van der Waals surface area contributed by atoms with Crippen molar-refractivity contribution in [1.29, 1.82) is 5.41 Å². The summed E-state index contributed by atoms with van der Waals surface area (Å²) in [4.78, 5) is 21.7. The van der Waals surface area contributed by atoms with E-state index in [0.717, 1.165) is 17.1 Å². The summed E-state index contributed by atoms with van der Waals surface area (Å²) in [5.41, 5.74) is 3.40. The Morgan fingerprint density at radius 1 is 1.16 bits per heavy atom. The maximum atomic E-state index is 12.4. The number of H-pyrrole nitrogens is 1. The van der Waals surface area contributed by atoms with Crippen molar-refractivity contribution in [1.82, 2.24) is 29.1 Å². The van der Waals surface area contributed by atoms with Crippen LogP contribution < -0.4 is 15.8 Å². The lowest BCUT2D eigenvalue weighted by Gasteiger charge is -2.14. The molecule has 0 atom stereocenters. The van der Waals surface area contributed by atoms with Gasteiger partial charge in [-0.05, 0) is 43.3 Å². The first-order valence-corrected chi connectivity index (χ1v) is 10.8. The highest BCUT2D eigenvalue weighted by atomic mass is 32.2. The van der Waals surface area contributed by atoms with E-state index >= 15 is 0 Å². The number of aromatic amines is 1. The van der Waals surface area contributed by atoms with E-state index in [4.69, 9.17) is 15.1 Å². The number of nitrogens with zero attached hydrogens (tertiary/aromatic N) is 5. The molecule has 0 saturated heterocycles. The van der Waals surface area contributed by atoms with Gasteiger partial charge in [-0.2, -0.15) is 5.10 Å². The van der Waals surface area contributed by atoms with Gasteiger partial charge in [-0.25, -0.2) is 9.97 Å². The summed E-state index contributed by atoms with van der Waals surface area (Å²) in [5, 5.41) is 17.2. The van der Waals surface area contributed by atoms with Crippen LogP contribution in [0.5, 0.6) is 5.75 Å². The number of hydrogen-bond donors (Lipinski definition) is 2. The van der Waals surface area contributed by atoms with Gasteiger partial charge in [0.2, 0.25) is 0 Å². The zero-order valence-electron chi connectivity index (χ0n) is 17.4. The number of rotatable bonds is 5. The number of methoxy groups -OCH3 is 1. The topological polar surface area (TPSA) is 114 Å². The first kappa shape index (κ1) is 20.0. The Morgan fingerprint density at radius 3 is 2.75 bits per heavy atom. The van der Waals surface area contributed by atoms with Gasteiger partial charge in [0.25, 0.3) is 5.56 Å². The van der Waals surface area contributed by atoms with E-state index < -0.39 is 0 Å². The van der Waals surface area contributed by atoms with Crippen LogP contribution in [0.3, 0.4) is 0 Å². The minimum Gasteiger partial charge on any atom is -0.497 e. The summed E-state index contributed by atoms with van der Waals surface area (Å²) in [7, 11) is 1.61. The normalized spacial score (nSPS) is 11.3. The molecule has 0 aliphatic carbocycles. The van der Waals surface area contributed by atoms with Crippen LogP contribution in [0.15, 0.2) is 64.7 Å². The zero-order chi connectivity index (χ0) is 22.2. The van der Waals surface area contributed by atoms with Crippen molar-refractivity contribution in [3.05, 3.63) is 82.0 Å². The van der Waals surface area contributed by atoms with E-state index in [9.17, 15) is 4.79 Å². The lowest BCUT2D eigenvalue weighted by atomic mass is 10.2. The molecular weight excluding hydrogens is 426 g/mol. The molecule has 0 fully saturated rings. The number of ether oxygens (including phenoxy) is 1. The molecule has 0 radical (unpaired) electrons. The van der Waals surface area contributed by atoms with E-state index in [1.54, 1.807) is 30.0 Å². The molecule has 0 aliphatic rings. The van der Waals surface area contributed by atoms with Crippen molar-refractivity contribution in [3.63, 3.8) is 0 Å². The minimum atomic E-state index is -0.137. The van der Waals surface area contributed by atoms with Gasteiger partial charge in [0.05, 0.1) is 18.2 Å². The van der Waals surface area contributed by atoms with Crippen LogP contribution in [-0.2, 0) is 5.75 Å². The van der Waals surface area contributed by atoms with Gasteiger partial charge in [-0.1, -0.05) is 17.8 Å². The number of fused-ring (bicyclic) bond motifs is 2. The highest BCUT2D eigenvalue weighted by Gasteiger charge is 2.16. The van der Waals surface area contributed by atoms with Crippen molar-refractivity contribution >= 4 is 28.4 Å². The second kappa shape index (κ2) is 7.97. The molecule has 0 aliphatic heterocycles. The third-order valence-electron chi connectivity index (χ3n) is 5.09. The highest BCUT2D eigenvalue weighted by Crippen LogP contribution is 2.25. The largest absolute Gasteiger partial charge is 0.497 e. The van der Waals surface area contributed by atoms with Crippen LogP contribution in [0.25, 0.3) is 22.4 Å². The molecule has 9 nitrogen and oxygen atoms in total. The van der Waals surface area contributed by atoms with Crippen LogP contribution in [0.1, 0.15) is 11.4 Å². The first-order chi connectivity index (χ1) is 15.5. The van der Waals surface area contributed by atoms with Gasteiger partial charge >= 0.3 is 0 Å². The third kappa shape index (κ3) is 3.44. The number of aryl methyl sites for hydroxylation is 1. The summed E-state index contributed by atoms with van der Waals surface area (Å²) in [5.74, 6) is 1.14. The molecule has 0 spiro atoms. The predicted octanol–water partition coefficient (Wildman–Crippen LogP) is 2.85. The Kier molecular flexibility index (Phi) is 4.98. The molecule has 4 heterocycles. The lowest BCUT2D eigenvalue weighted by molar-refractivity contribution is 0.414. The van der Waals surface area contributed by atoms with Crippen LogP contribution in [0.4, 0.5) is 0 Å². The monoisotopic (exact) mass is 445 g/mol. The van der Waals surface area contributed by atoms with Gasteiger partial charge in [0.15, 0.2) is 10.8 Å². The second-order valence-corrected chi connectivity index (χ2v) is 8.07. The van der Waals surface area contributed by atoms with Crippen LogP contribution >= 0.6 is 11.8 Å². The quantitative estimate of drug-likeness (QED) is 0.318. The molecule has 0 bridgehead atoms. The molecule has 10 heteroatoms. The van der Waals surface area contributed by atoms with E-state index in [1.165, 1.54) is 22.2 Å². The Morgan fingerprint density at radius 2 is 1.97 bits per heavy atom. The number of pyridine rings is 1. The summed E-state index contributed by atoms with van der Waals surface area (Å²) < 4.78 is 8.53. The minimum absolute atomic E-state index is 0.137. The van der Waals surface area contributed by atoms with Gasteiger partial charge in [0, 0.05) is 29.4 Å². The van der Waals surface area contributed by atoms with Crippen molar-refractivity contribution < 1.29 is 4.74 Å². The van der Waals surface area contributed by atoms with Crippen LogP contribution in [0, 0.1) is 12.3 Å². The Bertz CT molecular complexity index is 1570. The highest BCUT2D eigenvalue weighted by molar-refractivity contribution is 7.98. The molecule has 0 saturated carbocycles. The molecule has 0 unspecified atom stereocenters. The Hall–Kier alpha value is -3.92. The van der Waals surface area contributed by atoms with Crippen LogP contribution in [0.2, 0.25) is 0 Å². The molecule has 5 aromatic rings. The molecule has 4 aromatic heterocycles. The summed E-state index contributed by atoms with van der Waals surface area (Å²) >= 11 is 1.40. The molecule has 1 aromatic carbocycles. The fraction of sp³-hybridized carbons (Fsp3) is 0.136. The smallest absolute Gasteiger partial charge is 0.258 e. The maximum absolute atomic E-state index is 12.4. The average molecular weight is 446 g/mol. The third-order valence-corrected chi connectivity index (χ3v) is 6.06. The molecule has 32 heavy (non-hydrogen) atoms. The fourth-order valence-corrected chi connectivity index (χ4v) is 4.41. The zero-order valence-corrected chi connectivity index (χ0v) is 18.2. The number of hydrogen-bond acceptors (Lipinski definition) is 7. The molecule has 160 valence electrons. The number of thioether (sulfide) groups is 1. The van der Waals surface area contributed by atoms with Crippen molar-refractivity contribution in [3.8, 4) is 11.4 Å². The standard InChI is InChI=1S/C22H19N7O2S/c1-13-19-20(23)29(15-6-8-16(31-2)9-7-15)22(25-21(19)27-26-13)32-12-14-11-18(30)28-10-4-3-5-17(28)24-14/h3-11,23H,12H2,1-2H3,(H,26,27). The summed E-state index contributed by atoms with van der Waals surface area (Å²) in [6.07, 6.45) is 1.70. The molecular formula is C22H19N7O2S. The Balaban J connectivity index is 1.60. The predicted molar refractivity (Wildman–Crippen MR) is 121 cm³/mol. The van der Waals surface area contributed by atoms with Gasteiger partial charge in [-0.15, -0.1) is 0 Å². The average Bonchev–Trinajstić information content (AvgIpc) is 3.19. The van der Waals surface area contributed by atoms with E-state index in [0.29, 0.717) is 33.3 Å². The second-order valence-electron chi connectivity index (χ2n) is 7.13. The maximum Gasteiger partial charge on any atom is 0.258 e. The van der Waals surface area contributed by atoms with Crippen molar-refractivity contribution in [2.75, 3.05) is 7.11 Å². The fourth-order valence-electron chi connectivity index (χ4n) is 3.51. The molecule has 2 N–H and O–H groups in total. The van der Waals surface area contributed by atoms with Crippen molar-refractivity contribution in [2.24, 2.45) is 0 Å². The van der Waals surface area contributed by atoms with Gasteiger partial charge in [-0.3, -0.25) is 24.3 Å². The van der Waals surface area contributed by atoms with E-state index in [-0.39, 0.29) is 11.0 Å². The van der Waals surface area contributed by atoms with E-state index in [1.807, 2.05) is 37.3 Å². The Labute approximate surface area is 186 Å².